The molecule has 0 heterocycles. The second-order valence-electron chi connectivity index (χ2n) is 3.51. The van der Waals surface area contributed by atoms with Crippen LogP contribution in [0.3, 0.4) is 0 Å². The number of benzene rings is 1. The molecule has 0 aromatic heterocycles. The molecule has 110 valence electrons. The number of para-hydroxylation sites is 1. The maximum absolute atomic E-state index is 12.1. The minimum Gasteiger partial charge on any atom is -0.405 e. The van der Waals surface area contributed by atoms with Crippen LogP contribution in [0, 0.1) is 0 Å². The van der Waals surface area contributed by atoms with Crippen molar-refractivity contribution in [2.75, 3.05) is 0 Å². The minimum absolute atomic E-state index is 0. The maximum atomic E-state index is 12.1. The molecule has 19 heavy (non-hydrogen) atoms. The van der Waals surface area contributed by atoms with Crippen molar-refractivity contribution in [1.82, 2.24) is 0 Å². The molecule has 0 radical (unpaired) electrons. The van der Waals surface area contributed by atoms with E-state index in [0.717, 1.165) is 12.1 Å². The summed E-state index contributed by atoms with van der Waals surface area (Å²) in [5.41, 5.74) is 4.89. The van der Waals surface area contributed by atoms with Gasteiger partial charge in [0.25, 0.3) is 0 Å². The summed E-state index contributed by atoms with van der Waals surface area (Å²) in [5.74, 6) is -0.721. The minimum atomic E-state index is -4.98. The SMILES string of the molecule is Cl.N[C@@H](CC(F)(F)F)c1ccccc1OC(F)(F)F. The molecule has 0 amide bonds. The average molecular weight is 310 g/mol. The van der Waals surface area contributed by atoms with Gasteiger partial charge in [-0.3, -0.25) is 0 Å². The Bertz CT molecular complexity index is 406. The Balaban J connectivity index is 0.00000324. The predicted molar refractivity (Wildman–Crippen MR) is 58.0 cm³/mol. The Morgan fingerprint density at radius 2 is 1.58 bits per heavy atom. The van der Waals surface area contributed by atoms with E-state index >= 15 is 0 Å². The standard InChI is InChI=1S/C10H9F6NO.ClH/c11-9(12,13)5-7(17)6-3-1-2-4-8(6)18-10(14,15)16;/h1-4,7H,5,17H2;1H/t7-;/m0./s1. The quantitative estimate of drug-likeness (QED) is 0.858. The first kappa shape index (κ1) is 17.8. The second-order valence-corrected chi connectivity index (χ2v) is 3.51. The van der Waals surface area contributed by atoms with E-state index in [1.165, 1.54) is 12.1 Å². The van der Waals surface area contributed by atoms with Crippen molar-refractivity contribution in [2.45, 2.75) is 25.0 Å². The van der Waals surface area contributed by atoms with Crippen molar-refractivity contribution in [2.24, 2.45) is 5.73 Å². The van der Waals surface area contributed by atoms with E-state index in [-0.39, 0.29) is 18.0 Å². The van der Waals surface area contributed by atoms with Crippen molar-refractivity contribution in [3.8, 4) is 5.75 Å². The smallest absolute Gasteiger partial charge is 0.405 e. The summed E-state index contributed by atoms with van der Waals surface area (Å²) >= 11 is 0. The van der Waals surface area contributed by atoms with E-state index in [0.29, 0.717) is 0 Å². The molecule has 0 aliphatic carbocycles. The van der Waals surface area contributed by atoms with Crippen molar-refractivity contribution in [1.29, 1.82) is 0 Å². The van der Waals surface area contributed by atoms with Gasteiger partial charge in [0, 0.05) is 11.6 Å². The Morgan fingerprint density at radius 3 is 2.05 bits per heavy atom. The van der Waals surface area contributed by atoms with Crippen molar-refractivity contribution >= 4 is 12.4 Å². The zero-order valence-electron chi connectivity index (χ0n) is 9.26. The molecule has 2 nitrogen and oxygen atoms in total. The van der Waals surface area contributed by atoms with Gasteiger partial charge < -0.3 is 10.5 Å². The number of alkyl halides is 6. The zero-order chi connectivity index (χ0) is 14.0. The number of nitrogens with two attached hydrogens (primary N) is 1. The van der Waals surface area contributed by atoms with Gasteiger partial charge in [-0.1, -0.05) is 18.2 Å². The number of hydrogen-bond donors (Lipinski definition) is 1. The van der Waals surface area contributed by atoms with Crippen LogP contribution in [0.5, 0.6) is 5.75 Å². The Labute approximate surface area is 110 Å². The molecule has 1 aromatic carbocycles. The molecular weight excluding hydrogens is 300 g/mol. The second kappa shape index (κ2) is 6.33. The van der Waals surface area contributed by atoms with Crippen LogP contribution in [-0.4, -0.2) is 12.5 Å². The van der Waals surface area contributed by atoms with Gasteiger partial charge in [-0.15, -0.1) is 25.6 Å². The van der Waals surface area contributed by atoms with Gasteiger partial charge in [-0.2, -0.15) is 13.2 Å². The Morgan fingerprint density at radius 1 is 1.05 bits per heavy atom. The molecule has 0 unspecified atom stereocenters. The summed E-state index contributed by atoms with van der Waals surface area (Å²) in [5, 5.41) is 0. The van der Waals surface area contributed by atoms with Crippen LogP contribution >= 0.6 is 12.4 Å². The predicted octanol–water partition coefficient (Wildman–Crippen LogP) is 3.96. The van der Waals surface area contributed by atoms with Crippen LogP contribution in [0.4, 0.5) is 26.3 Å². The highest BCUT2D eigenvalue weighted by Gasteiger charge is 2.35. The molecule has 2 N–H and O–H groups in total. The largest absolute Gasteiger partial charge is 0.573 e. The fraction of sp³-hybridized carbons (Fsp3) is 0.400. The third-order valence-corrected chi connectivity index (χ3v) is 2.00. The van der Waals surface area contributed by atoms with Crippen LogP contribution in [0.25, 0.3) is 0 Å². The first-order chi connectivity index (χ1) is 8.08. The number of hydrogen-bond acceptors (Lipinski definition) is 2. The third-order valence-electron chi connectivity index (χ3n) is 2.00. The highest BCUT2D eigenvalue weighted by atomic mass is 35.5. The van der Waals surface area contributed by atoms with Crippen LogP contribution in [0.2, 0.25) is 0 Å². The fourth-order valence-corrected chi connectivity index (χ4v) is 1.36. The van der Waals surface area contributed by atoms with E-state index in [9.17, 15) is 26.3 Å². The first-order valence-electron chi connectivity index (χ1n) is 4.75. The lowest BCUT2D eigenvalue weighted by Crippen LogP contribution is -2.23. The lowest BCUT2D eigenvalue weighted by molar-refractivity contribution is -0.275. The molecule has 0 aliphatic heterocycles. The van der Waals surface area contributed by atoms with Gasteiger partial charge in [0.05, 0.1) is 6.42 Å². The van der Waals surface area contributed by atoms with E-state index in [1.54, 1.807) is 0 Å². The van der Waals surface area contributed by atoms with E-state index in [1.807, 2.05) is 0 Å². The molecule has 0 spiro atoms. The fourth-order valence-electron chi connectivity index (χ4n) is 1.36. The van der Waals surface area contributed by atoms with Crippen molar-refractivity contribution in [3.05, 3.63) is 29.8 Å². The van der Waals surface area contributed by atoms with Gasteiger partial charge in [0.1, 0.15) is 5.75 Å². The van der Waals surface area contributed by atoms with Crippen LogP contribution < -0.4 is 10.5 Å². The molecule has 9 heteroatoms. The summed E-state index contributed by atoms with van der Waals surface area (Å²) in [6, 6.07) is 2.87. The zero-order valence-corrected chi connectivity index (χ0v) is 10.1. The van der Waals surface area contributed by atoms with Crippen molar-refractivity contribution in [3.63, 3.8) is 0 Å². The van der Waals surface area contributed by atoms with Gasteiger partial charge in [0.2, 0.25) is 0 Å². The summed E-state index contributed by atoms with van der Waals surface area (Å²) in [6.07, 6.45) is -11.0. The van der Waals surface area contributed by atoms with Gasteiger partial charge in [-0.25, -0.2) is 0 Å². The van der Waals surface area contributed by atoms with Crippen LogP contribution in [-0.2, 0) is 0 Å². The molecule has 0 aliphatic rings. The Kier molecular flexibility index (Phi) is 5.95. The topological polar surface area (TPSA) is 35.2 Å². The normalized spacial score (nSPS) is 13.6. The van der Waals surface area contributed by atoms with Crippen LogP contribution in [0.15, 0.2) is 24.3 Å². The molecular formula is C10H10ClF6NO. The molecule has 1 aromatic rings. The molecule has 0 saturated carbocycles. The number of ether oxygens (including phenoxy) is 1. The van der Waals surface area contributed by atoms with Crippen LogP contribution in [0.1, 0.15) is 18.0 Å². The molecule has 0 saturated heterocycles. The van der Waals surface area contributed by atoms with Gasteiger partial charge >= 0.3 is 12.5 Å². The first-order valence-corrected chi connectivity index (χ1v) is 4.75. The van der Waals surface area contributed by atoms with Gasteiger partial charge in [-0.05, 0) is 6.07 Å². The maximum Gasteiger partial charge on any atom is 0.573 e. The summed E-state index contributed by atoms with van der Waals surface area (Å²) in [4.78, 5) is 0. The van der Waals surface area contributed by atoms with E-state index < -0.39 is 30.8 Å². The lowest BCUT2D eigenvalue weighted by atomic mass is 10.0. The highest BCUT2D eigenvalue weighted by Crippen LogP contribution is 2.34. The summed E-state index contributed by atoms with van der Waals surface area (Å²) in [6.45, 7) is 0. The summed E-state index contributed by atoms with van der Waals surface area (Å²) < 4.78 is 76.1. The number of halogens is 7. The molecule has 0 fully saturated rings. The average Bonchev–Trinajstić information content (AvgIpc) is 2.12. The Hall–Kier alpha value is -1.15. The molecule has 0 bridgehead atoms. The van der Waals surface area contributed by atoms with E-state index in [4.69, 9.17) is 5.73 Å². The monoisotopic (exact) mass is 309 g/mol. The highest BCUT2D eigenvalue weighted by molar-refractivity contribution is 5.85. The summed E-state index contributed by atoms with van der Waals surface area (Å²) in [7, 11) is 0. The number of rotatable bonds is 3. The molecule has 1 rings (SSSR count). The molecule has 1 atom stereocenters. The van der Waals surface area contributed by atoms with Crippen molar-refractivity contribution < 1.29 is 31.1 Å². The van der Waals surface area contributed by atoms with Gasteiger partial charge in [0.15, 0.2) is 0 Å². The third kappa shape index (κ3) is 6.53. The van der Waals surface area contributed by atoms with E-state index in [2.05, 4.69) is 4.74 Å². The lowest BCUT2D eigenvalue weighted by Gasteiger charge is -2.18.